The third-order valence-electron chi connectivity index (χ3n) is 6.36. The average Bonchev–Trinajstić information content (AvgIpc) is 3.26. The lowest BCUT2D eigenvalue weighted by Crippen LogP contribution is -2.13. The minimum Gasteiger partial charge on any atom is -0.335 e. The van der Waals surface area contributed by atoms with Gasteiger partial charge in [0.2, 0.25) is 5.91 Å². The Balaban J connectivity index is 1.32. The Morgan fingerprint density at radius 3 is 2.86 bits per heavy atom. The number of aromatic amines is 2. The highest BCUT2D eigenvalue weighted by Gasteiger charge is 2.29. The molecule has 0 aliphatic heterocycles. The molecule has 0 unspecified atom stereocenters. The number of nitrogens with one attached hydrogen (secondary N) is 3. The average molecular weight is 496 g/mol. The van der Waals surface area contributed by atoms with E-state index >= 15 is 4.39 Å². The monoisotopic (exact) mass is 495 g/mol. The van der Waals surface area contributed by atoms with Crippen molar-refractivity contribution in [1.82, 2.24) is 30.1 Å². The number of benzene rings is 1. The van der Waals surface area contributed by atoms with Crippen LogP contribution in [0.2, 0.25) is 0 Å². The van der Waals surface area contributed by atoms with Gasteiger partial charge in [0.1, 0.15) is 11.2 Å². The third-order valence-corrected chi connectivity index (χ3v) is 7.04. The van der Waals surface area contributed by atoms with Crippen LogP contribution in [0, 0.1) is 11.7 Å². The lowest BCUT2D eigenvalue weighted by molar-refractivity contribution is -0.117. The first kappa shape index (κ1) is 20.9. The Bertz CT molecular complexity index is 1770. The van der Waals surface area contributed by atoms with Gasteiger partial charge >= 0.3 is 0 Å². The topological polar surface area (TPSA) is 112 Å². The van der Waals surface area contributed by atoms with Gasteiger partial charge in [-0.1, -0.05) is 0 Å². The zero-order valence-corrected chi connectivity index (χ0v) is 19.6. The molecule has 1 aromatic carbocycles. The van der Waals surface area contributed by atoms with Crippen LogP contribution in [0.15, 0.2) is 59.7 Å². The van der Waals surface area contributed by atoms with Crippen LogP contribution in [0.5, 0.6) is 0 Å². The maximum atomic E-state index is 15.1. The van der Waals surface area contributed by atoms with Crippen LogP contribution in [0.3, 0.4) is 0 Å². The number of amides is 1. The summed E-state index contributed by atoms with van der Waals surface area (Å²) >= 11 is 1.62. The van der Waals surface area contributed by atoms with Crippen molar-refractivity contribution in [3.63, 3.8) is 0 Å². The summed E-state index contributed by atoms with van der Waals surface area (Å²) in [5.74, 6) is 0.121. The van der Waals surface area contributed by atoms with Crippen LogP contribution < -0.4 is 5.32 Å². The van der Waals surface area contributed by atoms with Crippen LogP contribution in [0.4, 0.5) is 10.1 Å². The fourth-order valence-corrected chi connectivity index (χ4v) is 5.02. The number of aromatic nitrogens is 6. The largest absolute Gasteiger partial charge is 0.335 e. The normalized spacial score (nSPS) is 13.5. The number of thiophene rings is 1. The second-order valence-electron chi connectivity index (χ2n) is 8.83. The highest BCUT2D eigenvalue weighted by Crippen LogP contribution is 2.35. The molecule has 6 aromatic rings. The van der Waals surface area contributed by atoms with Gasteiger partial charge in [-0.05, 0) is 65.1 Å². The predicted molar refractivity (Wildman–Crippen MR) is 137 cm³/mol. The number of hydrogen-bond acceptors (Lipinski definition) is 6. The summed E-state index contributed by atoms with van der Waals surface area (Å²) in [6.07, 6.45) is 6.79. The molecule has 10 heteroatoms. The fraction of sp³-hybridized carbons (Fsp3) is 0.115. The van der Waals surface area contributed by atoms with Gasteiger partial charge in [0, 0.05) is 34.8 Å². The van der Waals surface area contributed by atoms with E-state index in [1.54, 1.807) is 36.0 Å². The molecule has 1 saturated carbocycles. The first-order valence-electron chi connectivity index (χ1n) is 11.5. The molecule has 1 amide bonds. The number of fused-ring (bicyclic) bond motifs is 2. The second kappa shape index (κ2) is 8.06. The summed E-state index contributed by atoms with van der Waals surface area (Å²) in [6.45, 7) is 0. The lowest BCUT2D eigenvalue weighted by atomic mass is 10.0. The molecule has 1 fully saturated rings. The van der Waals surface area contributed by atoms with Crippen LogP contribution in [0.25, 0.3) is 55.8 Å². The van der Waals surface area contributed by atoms with Crippen molar-refractivity contribution >= 4 is 45.0 Å². The molecular formula is C26H18FN7OS. The molecular weight excluding hydrogens is 477 g/mol. The molecule has 3 N–H and O–H groups in total. The Hall–Kier alpha value is -4.44. The van der Waals surface area contributed by atoms with Crippen molar-refractivity contribution in [3.8, 4) is 33.8 Å². The molecule has 0 radical (unpaired) electrons. The van der Waals surface area contributed by atoms with E-state index in [0.717, 1.165) is 29.5 Å². The maximum absolute atomic E-state index is 15.1. The number of carbonyl (C=O) groups is 1. The molecule has 8 nitrogen and oxygen atoms in total. The highest BCUT2D eigenvalue weighted by molar-refractivity contribution is 7.08. The summed E-state index contributed by atoms with van der Waals surface area (Å²) in [7, 11) is 0. The van der Waals surface area contributed by atoms with Crippen molar-refractivity contribution in [2.45, 2.75) is 12.8 Å². The van der Waals surface area contributed by atoms with Gasteiger partial charge in [-0.3, -0.25) is 14.9 Å². The van der Waals surface area contributed by atoms with Crippen LogP contribution >= 0.6 is 11.3 Å². The van der Waals surface area contributed by atoms with Gasteiger partial charge in [-0.15, -0.1) is 0 Å². The first-order valence-corrected chi connectivity index (χ1v) is 12.4. The molecule has 7 rings (SSSR count). The standard InChI is InChI=1S/C26H18FN7OS/c27-20-9-15(16-7-17(11-28-10-16)30-26(35)13-1-2-13)8-19-21(20)33-34-23(19)25-31-22-18(14-4-6-36-12-14)3-5-29-24(22)32-25/h3-13H,1-2H2,(H,30,35)(H,33,34)(H,29,31,32). The van der Waals surface area contributed by atoms with E-state index < -0.39 is 5.82 Å². The van der Waals surface area contributed by atoms with Crippen molar-refractivity contribution in [1.29, 1.82) is 0 Å². The van der Waals surface area contributed by atoms with Crippen molar-refractivity contribution in [2.75, 3.05) is 5.32 Å². The summed E-state index contributed by atoms with van der Waals surface area (Å²) in [4.78, 5) is 28.8. The summed E-state index contributed by atoms with van der Waals surface area (Å²) in [5, 5.41) is 14.7. The number of anilines is 1. The third kappa shape index (κ3) is 3.54. The van der Waals surface area contributed by atoms with Crippen molar-refractivity contribution in [3.05, 3.63) is 65.5 Å². The van der Waals surface area contributed by atoms with E-state index in [-0.39, 0.29) is 17.3 Å². The number of halogens is 1. The molecule has 0 saturated heterocycles. The fourth-order valence-electron chi connectivity index (χ4n) is 4.37. The van der Waals surface area contributed by atoms with E-state index in [1.807, 2.05) is 23.6 Å². The Morgan fingerprint density at radius 1 is 1.11 bits per heavy atom. The number of rotatable bonds is 5. The van der Waals surface area contributed by atoms with E-state index in [4.69, 9.17) is 0 Å². The lowest BCUT2D eigenvalue weighted by Gasteiger charge is -2.07. The summed E-state index contributed by atoms with van der Waals surface area (Å²) < 4.78 is 15.1. The molecule has 5 heterocycles. The molecule has 176 valence electrons. The smallest absolute Gasteiger partial charge is 0.227 e. The number of carbonyl (C=O) groups excluding carboxylic acids is 1. The Morgan fingerprint density at radius 2 is 2.03 bits per heavy atom. The highest BCUT2D eigenvalue weighted by atomic mass is 32.1. The number of pyridine rings is 2. The van der Waals surface area contributed by atoms with Gasteiger partial charge in [0.05, 0.1) is 17.4 Å². The van der Waals surface area contributed by atoms with E-state index in [9.17, 15) is 4.79 Å². The molecule has 1 aliphatic carbocycles. The van der Waals surface area contributed by atoms with Crippen molar-refractivity contribution < 1.29 is 9.18 Å². The first-order chi connectivity index (χ1) is 17.6. The van der Waals surface area contributed by atoms with Gasteiger partial charge in [0.25, 0.3) is 0 Å². The zero-order chi connectivity index (χ0) is 24.2. The molecule has 0 spiro atoms. The molecule has 5 aromatic heterocycles. The van der Waals surface area contributed by atoms with Crippen LogP contribution in [-0.2, 0) is 4.79 Å². The number of H-pyrrole nitrogens is 2. The van der Waals surface area contributed by atoms with Crippen LogP contribution in [0.1, 0.15) is 12.8 Å². The van der Waals surface area contributed by atoms with E-state index in [0.29, 0.717) is 39.4 Å². The summed E-state index contributed by atoms with van der Waals surface area (Å²) in [6, 6.07) is 9.05. The molecule has 36 heavy (non-hydrogen) atoms. The maximum Gasteiger partial charge on any atom is 0.227 e. The van der Waals surface area contributed by atoms with Gasteiger partial charge in [0.15, 0.2) is 17.3 Å². The number of nitrogens with zero attached hydrogens (tertiary/aromatic N) is 4. The van der Waals surface area contributed by atoms with E-state index in [1.165, 1.54) is 6.07 Å². The second-order valence-corrected chi connectivity index (χ2v) is 9.61. The minimum absolute atomic E-state index is 0.00646. The van der Waals surface area contributed by atoms with Gasteiger partial charge in [-0.25, -0.2) is 14.4 Å². The SMILES string of the molecule is O=C(Nc1cncc(-c2cc(F)c3n[nH]c(-c4nc5nccc(-c6ccsc6)c5[nH]4)c3c2)c1)C1CC1. The van der Waals surface area contributed by atoms with E-state index in [2.05, 4.69) is 40.8 Å². The Labute approximate surface area is 207 Å². The minimum atomic E-state index is -0.467. The van der Waals surface area contributed by atoms with Crippen LogP contribution in [-0.4, -0.2) is 36.0 Å². The summed E-state index contributed by atoms with van der Waals surface area (Å²) in [5.41, 5.74) is 6.09. The van der Waals surface area contributed by atoms with Crippen molar-refractivity contribution in [2.24, 2.45) is 5.92 Å². The number of imidazole rings is 1. The predicted octanol–water partition coefficient (Wildman–Crippen LogP) is 5.78. The Kier molecular flexibility index (Phi) is 4.68. The molecule has 1 aliphatic rings. The molecule has 0 atom stereocenters. The zero-order valence-electron chi connectivity index (χ0n) is 18.7. The number of hydrogen-bond donors (Lipinski definition) is 3. The quantitative estimate of drug-likeness (QED) is 0.281. The van der Waals surface area contributed by atoms with Gasteiger partial charge < -0.3 is 10.3 Å². The molecule has 0 bridgehead atoms. The van der Waals surface area contributed by atoms with Gasteiger partial charge in [-0.2, -0.15) is 16.4 Å².